The Kier molecular flexibility index (Phi) is 4.84. The van der Waals surface area contributed by atoms with Crippen LogP contribution in [-0.4, -0.2) is 11.0 Å². The van der Waals surface area contributed by atoms with E-state index in [-0.39, 0.29) is 6.61 Å². The molecule has 0 radical (unpaired) electrons. The highest BCUT2D eigenvalue weighted by molar-refractivity contribution is 6.36. The summed E-state index contributed by atoms with van der Waals surface area (Å²) < 4.78 is 10.9. The first-order chi connectivity index (χ1) is 13.1. The van der Waals surface area contributed by atoms with Crippen molar-refractivity contribution in [3.05, 3.63) is 88.1 Å². The second-order valence-corrected chi connectivity index (χ2v) is 6.64. The first-order valence-electron chi connectivity index (χ1n) is 8.17. The van der Waals surface area contributed by atoms with Crippen molar-refractivity contribution >= 4 is 40.1 Å². The van der Waals surface area contributed by atoms with Crippen LogP contribution in [0.5, 0.6) is 0 Å². The SMILES string of the molecule is O=C(OCc1c(Cl)cccc1Cl)c1cc(-c2ccco2)nc2ccccc12. The van der Waals surface area contributed by atoms with Crippen molar-refractivity contribution in [3.8, 4) is 11.5 Å². The number of carbonyl (C=O) groups is 1. The smallest absolute Gasteiger partial charge is 0.339 e. The lowest BCUT2D eigenvalue weighted by molar-refractivity contribution is 0.0475. The van der Waals surface area contributed by atoms with Gasteiger partial charge in [-0.2, -0.15) is 0 Å². The Balaban J connectivity index is 1.70. The number of aromatic nitrogens is 1. The predicted molar refractivity (Wildman–Crippen MR) is 105 cm³/mol. The molecule has 0 aliphatic heterocycles. The number of hydrogen-bond donors (Lipinski definition) is 0. The average Bonchev–Trinajstić information content (AvgIpc) is 3.21. The van der Waals surface area contributed by atoms with E-state index in [1.165, 1.54) is 0 Å². The van der Waals surface area contributed by atoms with Gasteiger partial charge in [0.05, 0.1) is 17.3 Å². The summed E-state index contributed by atoms with van der Waals surface area (Å²) >= 11 is 12.3. The van der Waals surface area contributed by atoms with E-state index < -0.39 is 5.97 Å². The zero-order valence-electron chi connectivity index (χ0n) is 14.0. The summed E-state index contributed by atoms with van der Waals surface area (Å²) in [7, 11) is 0. The number of para-hydroxylation sites is 1. The molecule has 2 aromatic carbocycles. The Labute approximate surface area is 165 Å². The normalized spacial score (nSPS) is 10.9. The molecule has 134 valence electrons. The molecular weight excluding hydrogens is 385 g/mol. The number of rotatable bonds is 4. The quantitative estimate of drug-likeness (QED) is 0.387. The zero-order chi connectivity index (χ0) is 18.8. The molecule has 0 aliphatic rings. The van der Waals surface area contributed by atoms with Crippen molar-refractivity contribution in [1.82, 2.24) is 4.98 Å². The molecule has 4 nitrogen and oxygen atoms in total. The molecule has 0 fully saturated rings. The van der Waals surface area contributed by atoms with E-state index in [1.807, 2.05) is 24.3 Å². The van der Waals surface area contributed by atoms with Crippen LogP contribution in [0.2, 0.25) is 10.0 Å². The zero-order valence-corrected chi connectivity index (χ0v) is 15.5. The Morgan fingerprint density at radius 3 is 2.52 bits per heavy atom. The largest absolute Gasteiger partial charge is 0.463 e. The van der Waals surface area contributed by atoms with Gasteiger partial charge in [0, 0.05) is 21.0 Å². The van der Waals surface area contributed by atoms with Gasteiger partial charge >= 0.3 is 5.97 Å². The fraction of sp³-hybridized carbons (Fsp3) is 0.0476. The van der Waals surface area contributed by atoms with Crippen LogP contribution in [0.4, 0.5) is 0 Å². The number of halogens is 2. The third kappa shape index (κ3) is 3.54. The third-order valence-electron chi connectivity index (χ3n) is 4.12. The molecule has 0 saturated heterocycles. The van der Waals surface area contributed by atoms with E-state index in [0.717, 1.165) is 0 Å². The summed E-state index contributed by atoms with van der Waals surface area (Å²) in [5.41, 5.74) is 2.20. The van der Waals surface area contributed by atoms with Gasteiger partial charge < -0.3 is 9.15 Å². The topological polar surface area (TPSA) is 52.3 Å². The van der Waals surface area contributed by atoms with E-state index >= 15 is 0 Å². The maximum atomic E-state index is 12.8. The summed E-state index contributed by atoms with van der Waals surface area (Å²) in [5, 5.41) is 1.60. The van der Waals surface area contributed by atoms with Crippen molar-refractivity contribution in [1.29, 1.82) is 0 Å². The number of hydrogen-bond acceptors (Lipinski definition) is 4. The molecular formula is C21H13Cl2NO3. The van der Waals surface area contributed by atoms with E-state index in [0.29, 0.717) is 43.5 Å². The number of furan rings is 1. The molecule has 2 aromatic heterocycles. The summed E-state index contributed by atoms with van der Waals surface area (Å²) in [6.07, 6.45) is 1.56. The molecule has 4 aromatic rings. The molecule has 0 saturated carbocycles. The number of esters is 1. The van der Waals surface area contributed by atoms with Gasteiger partial charge in [-0.1, -0.05) is 47.5 Å². The molecule has 0 aliphatic carbocycles. The summed E-state index contributed by atoms with van der Waals surface area (Å²) in [6.45, 7) is -0.0237. The third-order valence-corrected chi connectivity index (χ3v) is 4.83. The van der Waals surface area contributed by atoms with Crippen LogP contribution in [0.3, 0.4) is 0 Å². The molecule has 6 heteroatoms. The van der Waals surface area contributed by atoms with Crippen LogP contribution >= 0.6 is 23.2 Å². The van der Waals surface area contributed by atoms with Crippen molar-refractivity contribution in [2.45, 2.75) is 6.61 Å². The monoisotopic (exact) mass is 397 g/mol. The molecule has 0 bridgehead atoms. The van der Waals surface area contributed by atoms with Crippen molar-refractivity contribution in [3.63, 3.8) is 0 Å². The van der Waals surface area contributed by atoms with Gasteiger partial charge in [0.1, 0.15) is 12.3 Å². The van der Waals surface area contributed by atoms with Gasteiger partial charge in [-0.05, 0) is 36.4 Å². The van der Waals surface area contributed by atoms with Gasteiger partial charge in [0.15, 0.2) is 5.76 Å². The number of pyridine rings is 1. The highest BCUT2D eigenvalue weighted by atomic mass is 35.5. The first kappa shape index (κ1) is 17.6. The second kappa shape index (κ2) is 7.43. The van der Waals surface area contributed by atoms with E-state index in [9.17, 15) is 4.79 Å². The van der Waals surface area contributed by atoms with Crippen LogP contribution in [0.15, 0.2) is 71.3 Å². The van der Waals surface area contributed by atoms with Crippen molar-refractivity contribution in [2.24, 2.45) is 0 Å². The average molecular weight is 398 g/mol. The molecule has 4 rings (SSSR count). The lowest BCUT2D eigenvalue weighted by atomic mass is 10.1. The summed E-state index contributed by atoms with van der Waals surface area (Å²) in [6, 6.07) is 17.7. The maximum absolute atomic E-state index is 12.8. The highest BCUT2D eigenvalue weighted by Crippen LogP contribution is 2.28. The second-order valence-electron chi connectivity index (χ2n) is 5.83. The van der Waals surface area contributed by atoms with E-state index in [1.54, 1.807) is 42.7 Å². The van der Waals surface area contributed by atoms with Gasteiger partial charge in [0.2, 0.25) is 0 Å². The van der Waals surface area contributed by atoms with Crippen LogP contribution in [0.1, 0.15) is 15.9 Å². The van der Waals surface area contributed by atoms with Crippen LogP contribution in [-0.2, 0) is 11.3 Å². The minimum Gasteiger partial charge on any atom is -0.463 e. The van der Waals surface area contributed by atoms with E-state index in [4.69, 9.17) is 32.4 Å². The maximum Gasteiger partial charge on any atom is 0.339 e. The number of carbonyl (C=O) groups excluding carboxylic acids is 1. The fourth-order valence-corrected chi connectivity index (χ4v) is 3.29. The van der Waals surface area contributed by atoms with E-state index in [2.05, 4.69) is 4.98 Å². The highest BCUT2D eigenvalue weighted by Gasteiger charge is 2.17. The first-order valence-corrected chi connectivity index (χ1v) is 8.93. The minimum absolute atomic E-state index is 0.0237. The van der Waals surface area contributed by atoms with Gasteiger partial charge in [-0.25, -0.2) is 9.78 Å². The van der Waals surface area contributed by atoms with Gasteiger partial charge in [-0.15, -0.1) is 0 Å². The number of nitrogens with zero attached hydrogens (tertiary/aromatic N) is 1. The lowest BCUT2D eigenvalue weighted by Gasteiger charge is -2.11. The Morgan fingerprint density at radius 1 is 1.00 bits per heavy atom. The van der Waals surface area contributed by atoms with Crippen LogP contribution in [0, 0.1) is 0 Å². The number of benzene rings is 2. The van der Waals surface area contributed by atoms with Crippen LogP contribution in [0.25, 0.3) is 22.4 Å². The van der Waals surface area contributed by atoms with Gasteiger partial charge in [0.25, 0.3) is 0 Å². The van der Waals surface area contributed by atoms with Crippen molar-refractivity contribution < 1.29 is 13.9 Å². The Hall–Kier alpha value is -2.82. The molecule has 2 heterocycles. The number of fused-ring (bicyclic) bond motifs is 1. The molecule has 0 unspecified atom stereocenters. The molecule has 0 amide bonds. The van der Waals surface area contributed by atoms with Crippen LogP contribution < -0.4 is 0 Å². The number of ether oxygens (including phenoxy) is 1. The molecule has 0 N–H and O–H groups in total. The molecule has 0 atom stereocenters. The molecule has 0 spiro atoms. The Bertz CT molecular complexity index is 1100. The fourth-order valence-electron chi connectivity index (χ4n) is 2.78. The Morgan fingerprint density at radius 2 is 1.78 bits per heavy atom. The minimum atomic E-state index is -0.489. The van der Waals surface area contributed by atoms with Crippen molar-refractivity contribution in [2.75, 3.05) is 0 Å². The summed E-state index contributed by atoms with van der Waals surface area (Å²) in [5.74, 6) is 0.0846. The summed E-state index contributed by atoms with van der Waals surface area (Å²) in [4.78, 5) is 17.4. The standard InChI is InChI=1S/C21H13Cl2NO3/c22-16-6-3-7-17(23)15(16)12-27-21(25)14-11-19(20-9-4-10-26-20)24-18-8-2-1-5-13(14)18/h1-11H,12H2. The molecule has 27 heavy (non-hydrogen) atoms. The predicted octanol–water partition coefficient (Wildman–Crippen LogP) is 6.16. The lowest BCUT2D eigenvalue weighted by Crippen LogP contribution is -2.07. The van der Waals surface area contributed by atoms with Gasteiger partial charge in [-0.3, -0.25) is 0 Å².